The van der Waals surface area contributed by atoms with E-state index in [4.69, 9.17) is 23.4 Å². The van der Waals surface area contributed by atoms with Crippen molar-refractivity contribution >= 4 is 51.8 Å². The molecular weight excluding hydrogens is 676 g/mol. The summed E-state index contributed by atoms with van der Waals surface area (Å²) in [6, 6.07) is 25.1. The van der Waals surface area contributed by atoms with Crippen molar-refractivity contribution in [1.82, 2.24) is 9.88 Å². The second kappa shape index (κ2) is 13.8. The second-order valence-corrected chi connectivity index (χ2v) is 12.4. The first kappa shape index (κ1) is 34.2. The minimum Gasteiger partial charge on any atom is -0.479 e. The van der Waals surface area contributed by atoms with E-state index < -0.39 is 53.8 Å². The number of nitrogens with zero attached hydrogens (tertiary/aromatic N) is 2. The zero-order valence-electron chi connectivity index (χ0n) is 27.6. The summed E-state index contributed by atoms with van der Waals surface area (Å²) in [5, 5.41) is 31.4. The second-order valence-electron chi connectivity index (χ2n) is 12.4. The molecule has 1 amide bonds. The van der Waals surface area contributed by atoms with E-state index in [1.165, 1.54) is 4.90 Å². The molecule has 0 aliphatic carbocycles. The number of fused-ring (bicyclic) bond motifs is 3. The molecule has 4 atom stereocenters. The van der Waals surface area contributed by atoms with Crippen molar-refractivity contribution in [2.75, 3.05) is 6.79 Å². The maximum Gasteiger partial charge on any atom is 0.377 e. The van der Waals surface area contributed by atoms with Gasteiger partial charge in [0.05, 0.1) is 0 Å². The summed E-state index contributed by atoms with van der Waals surface area (Å²) in [5.74, 6) is -9.50. The number of oxazole rings is 1. The van der Waals surface area contributed by atoms with Crippen LogP contribution in [0.2, 0.25) is 0 Å². The highest BCUT2D eigenvalue weighted by Crippen LogP contribution is 2.39. The molecule has 266 valence electrons. The molecule has 3 heterocycles. The molecule has 0 bridgehead atoms. The number of hydrogen-bond acceptors (Lipinski definition) is 10. The molecule has 14 heteroatoms. The van der Waals surface area contributed by atoms with Crippen LogP contribution in [-0.2, 0) is 35.2 Å². The molecule has 0 saturated carbocycles. The standard InChI is InChI=1S/C38H32N2O12/c1-21(26(25-15-16-29-30(18-25)49-20-48-29)9-6-12-31-39-27-10-4-5-11-28(27)50-31)40(19-22-13-14-23-7-2-3-8-24(23)17-22)34(41)32-33(35(42)43)52-38(51-32,36(44)45)37(46)47/h2-8,10-18,21,26,32-33H,9,19-20H2,1H3,(H,42,43)(H,44,45)(H,46,47)/t21-,26+,32+,33+/m1/s1. The zero-order valence-corrected chi connectivity index (χ0v) is 27.6. The van der Waals surface area contributed by atoms with Gasteiger partial charge in [0.15, 0.2) is 29.3 Å². The van der Waals surface area contributed by atoms with E-state index >= 15 is 0 Å². The van der Waals surface area contributed by atoms with Crippen LogP contribution in [0, 0.1) is 0 Å². The lowest BCUT2D eigenvalue weighted by molar-refractivity contribution is -0.221. The van der Waals surface area contributed by atoms with E-state index in [-0.39, 0.29) is 13.3 Å². The first-order chi connectivity index (χ1) is 25.0. The fourth-order valence-corrected chi connectivity index (χ4v) is 6.53. The van der Waals surface area contributed by atoms with Crippen LogP contribution in [0.3, 0.4) is 0 Å². The van der Waals surface area contributed by atoms with Crippen LogP contribution in [0.4, 0.5) is 0 Å². The number of amides is 1. The monoisotopic (exact) mass is 708 g/mol. The number of carbonyl (C=O) groups is 4. The first-order valence-corrected chi connectivity index (χ1v) is 16.3. The van der Waals surface area contributed by atoms with Gasteiger partial charge in [0, 0.05) is 18.5 Å². The number of carboxylic acids is 3. The van der Waals surface area contributed by atoms with Gasteiger partial charge in [0.25, 0.3) is 5.91 Å². The lowest BCUT2D eigenvalue weighted by Gasteiger charge is -2.36. The van der Waals surface area contributed by atoms with Crippen LogP contribution >= 0.6 is 0 Å². The largest absolute Gasteiger partial charge is 0.479 e. The summed E-state index contributed by atoms with van der Waals surface area (Å²) in [4.78, 5) is 57.0. The van der Waals surface area contributed by atoms with Crippen LogP contribution in [-0.4, -0.2) is 79.8 Å². The number of para-hydroxylation sites is 2. The number of benzene rings is 4. The Balaban J connectivity index is 1.29. The predicted octanol–water partition coefficient (Wildman–Crippen LogP) is 5.05. The van der Waals surface area contributed by atoms with Gasteiger partial charge in [0.1, 0.15) is 5.52 Å². The number of carboxylic acid groups (broad SMARTS) is 3. The van der Waals surface area contributed by atoms with Gasteiger partial charge in [-0.25, -0.2) is 19.4 Å². The maximum absolute atomic E-state index is 14.6. The molecule has 52 heavy (non-hydrogen) atoms. The molecule has 2 aliphatic rings. The highest BCUT2D eigenvalue weighted by atomic mass is 16.8. The average Bonchev–Trinajstić information content (AvgIpc) is 3.89. The van der Waals surface area contributed by atoms with Gasteiger partial charge in [0.2, 0.25) is 12.7 Å². The Hall–Kier alpha value is -6.25. The van der Waals surface area contributed by atoms with E-state index in [1.807, 2.05) is 72.8 Å². The maximum atomic E-state index is 14.6. The molecule has 0 radical (unpaired) electrons. The number of aromatic nitrogens is 1. The Morgan fingerprint density at radius 2 is 1.58 bits per heavy atom. The van der Waals surface area contributed by atoms with Gasteiger partial charge < -0.3 is 43.6 Å². The molecule has 0 spiro atoms. The fourth-order valence-electron chi connectivity index (χ4n) is 6.53. The molecule has 2 aliphatic heterocycles. The van der Waals surface area contributed by atoms with Crippen LogP contribution in [0.5, 0.6) is 11.5 Å². The van der Waals surface area contributed by atoms with E-state index in [2.05, 4.69) is 4.98 Å². The Morgan fingerprint density at radius 1 is 0.865 bits per heavy atom. The molecular formula is C38H32N2O12. The Bertz CT molecular complexity index is 2180. The third-order valence-corrected chi connectivity index (χ3v) is 9.22. The quantitative estimate of drug-likeness (QED) is 0.146. The van der Waals surface area contributed by atoms with Gasteiger partial charge in [-0.3, -0.25) is 4.79 Å². The molecule has 1 aromatic heterocycles. The van der Waals surface area contributed by atoms with E-state index in [0.717, 1.165) is 16.3 Å². The molecule has 0 unspecified atom stereocenters. The van der Waals surface area contributed by atoms with Gasteiger partial charge in [-0.05, 0) is 71.7 Å². The van der Waals surface area contributed by atoms with Gasteiger partial charge in [-0.15, -0.1) is 0 Å². The van der Waals surface area contributed by atoms with Crippen molar-refractivity contribution in [2.45, 2.75) is 49.8 Å². The summed E-state index contributed by atoms with van der Waals surface area (Å²) in [6.07, 6.45) is -0.511. The summed E-state index contributed by atoms with van der Waals surface area (Å²) in [6.45, 7) is 1.71. The summed E-state index contributed by atoms with van der Waals surface area (Å²) >= 11 is 0. The molecule has 1 fully saturated rings. The van der Waals surface area contributed by atoms with Crippen molar-refractivity contribution in [3.05, 3.63) is 108 Å². The lowest BCUT2D eigenvalue weighted by atomic mass is 9.87. The zero-order chi connectivity index (χ0) is 36.6. The number of allylic oxidation sites excluding steroid dienone is 1. The molecule has 7 rings (SSSR count). The van der Waals surface area contributed by atoms with Crippen LogP contribution in [0.1, 0.15) is 36.3 Å². The number of carbonyl (C=O) groups excluding carboxylic acids is 1. The number of ether oxygens (including phenoxy) is 4. The highest BCUT2D eigenvalue weighted by Gasteiger charge is 2.64. The Labute approximate surface area is 295 Å². The molecule has 3 N–H and O–H groups in total. The average molecular weight is 709 g/mol. The minimum atomic E-state index is -3.42. The van der Waals surface area contributed by atoms with Crippen LogP contribution in [0.25, 0.3) is 27.9 Å². The van der Waals surface area contributed by atoms with Gasteiger partial charge >= 0.3 is 23.7 Å². The third kappa shape index (κ3) is 6.40. The van der Waals surface area contributed by atoms with E-state index in [0.29, 0.717) is 40.5 Å². The van der Waals surface area contributed by atoms with Gasteiger partial charge in [-0.2, -0.15) is 0 Å². The lowest BCUT2D eigenvalue weighted by Crippen LogP contribution is -2.51. The normalized spacial score (nSPS) is 18.8. The number of rotatable bonds is 12. The first-order valence-electron chi connectivity index (χ1n) is 16.3. The summed E-state index contributed by atoms with van der Waals surface area (Å²) in [5.41, 5.74) is 2.69. The summed E-state index contributed by atoms with van der Waals surface area (Å²) < 4.78 is 27.3. The smallest absolute Gasteiger partial charge is 0.377 e. The number of aliphatic carboxylic acids is 3. The molecule has 1 saturated heterocycles. The SMILES string of the molecule is C[C@H]([C@H](CC=Cc1nc2ccccc2o1)c1ccc2c(c1)OCO2)N(Cc1ccc2ccccc2c1)C(=O)[C@H]1OC(C(=O)O)(C(=O)O)O[C@@H]1C(=O)O. The Morgan fingerprint density at radius 3 is 2.33 bits per heavy atom. The predicted molar refractivity (Wildman–Crippen MR) is 182 cm³/mol. The van der Waals surface area contributed by atoms with Crippen molar-refractivity contribution in [1.29, 1.82) is 0 Å². The summed E-state index contributed by atoms with van der Waals surface area (Å²) in [7, 11) is 0. The van der Waals surface area contributed by atoms with E-state index in [9.17, 15) is 34.5 Å². The van der Waals surface area contributed by atoms with Crippen molar-refractivity contribution in [3.63, 3.8) is 0 Å². The van der Waals surface area contributed by atoms with Crippen molar-refractivity contribution in [2.24, 2.45) is 0 Å². The van der Waals surface area contributed by atoms with Crippen LogP contribution < -0.4 is 9.47 Å². The highest BCUT2D eigenvalue weighted by molar-refractivity contribution is 6.02. The Kier molecular flexibility index (Phi) is 9.09. The molecule has 14 nitrogen and oxygen atoms in total. The topological polar surface area (TPSA) is 195 Å². The fraction of sp³-hybridized carbons (Fsp3) is 0.237. The molecule has 5 aromatic rings. The van der Waals surface area contributed by atoms with Crippen LogP contribution in [0.15, 0.2) is 95.4 Å². The minimum absolute atomic E-state index is 0.0354. The van der Waals surface area contributed by atoms with E-state index in [1.54, 1.807) is 31.2 Å². The van der Waals surface area contributed by atoms with Crippen molar-refractivity contribution < 1.29 is 57.9 Å². The number of hydrogen-bond donors (Lipinski definition) is 3. The van der Waals surface area contributed by atoms with Gasteiger partial charge in [-0.1, -0.05) is 60.7 Å². The third-order valence-electron chi connectivity index (χ3n) is 9.22. The molecule has 4 aromatic carbocycles. The van der Waals surface area contributed by atoms with Crippen molar-refractivity contribution in [3.8, 4) is 11.5 Å².